The molecule has 0 aromatic carbocycles. The Labute approximate surface area is 142 Å². The topological polar surface area (TPSA) is 90.0 Å². The lowest BCUT2D eigenvalue weighted by molar-refractivity contribution is -0.138. The van der Waals surface area contributed by atoms with Crippen molar-refractivity contribution in [1.29, 1.82) is 10.5 Å². The van der Waals surface area contributed by atoms with E-state index in [1.54, 1.807) is 13.8 Å². The van der Waals surface area contributed by atoms with Crippen LogP contribution in [0.2, 0.25) is 0 Å². The maximum atomic E-state index is 13.0. The van der Waals surface area contributed by atoms with Gasteiger partial charge < -0.3 is 9.64 Å². The summed E-state index contributed by atoms with van der Waals surface area (Å²) in [5, 5.41) is 17.4. The molecule has 9 heteroatoms. The number of amides is 1. The van der Waals surface area contributed by atoms with Crippen LogP contribution in [0.4, 0.5) is 13.2 Å². The van der Waals surface area contributed by atoms with Crippen LogP contribution in [-0.2, 0) is 11.0 Å². The Morgan fingerprint density at radius 1 is 1.44 bits per heavy atom. The molecule has 1 aromatic heterocycles. The van der Waals surface area contributed by atoms with Gasteiger partial charge in [0.25, 0.3) is 5.91 Å². The fourth-order valence-electron chi connectivity index (χ4n) is 2.69. The largest absolute Gasteiger partial charge is 0.478 e. The van der Waals surface area contributed by atoms with Crippen molar-refractivity contribution in [2.45, 2.75) is 32.5 Å². The van der Waals surface area contributed by atoms with Crippen molar-refractivity contribution in [3.63, 3.8) is 0 Å². The van der Waals surface area contributed by atoms with Gasteiger partial charge in [-0.05, 0) is 6.07 Å². The Morgan fingerprint density at radius 3 is 2.68 bits per heavy atom. The first kappa shape index (κ1) is 18.5. The molecule has 6 nitrogen and oxygen atoms in total. The van der Waals surface area contributed by atoms with E-state index >= 15 is 0 Å². The minimum absolute atomic E-state index is 0.158. The van der Waals surface area contributed by atoms with Crippen molar-refractivity contribution in [2.24, 2.45) is 5.41 Å². The molecule has 1 aliphatic heterocycles. The summed E-state index contributed by atoms with van der Waals surface area (Å²) in [6, 6.07) is 4.00. The first-order chi connectivity index (χ1) is 11.6. The van der Waals surface area contributed by atoms with Crippen molar-refractivity contribution in [3.8, 4) is 17.9 Å². The zero-order chi connectivity index (χ0) is 18.8. The smallest absolute Gasteiger partial charge is 0.419 e. The van der Waals surface area contributed by atoms with Crippen LogP contribution in [0, 0.1) is 28.1 Å². The molecule has 1 saturated heterocycles. The Bertz CT molecular complexity index is 762. The lowest BCUT2D eigenvalue weighted by Gasteiger charge is -2.24. The Balaban J connectivity index is 2.29. The van der Waals surface area contributed by atoms with E-state index in [1.807, 2.05) is 6.07 Å². The van der Waals surface area contributed by atoms with Gasteiger partial charge in [-0.15, -0.1) is 0 Å². The summed E-state index contributed by atoms with van der Waals surface area (Å²) in [4.78, 5) is 17.4. The summed E-state index contributed by atoms with van der Waals surface area (Å²) in [5.74, 6) is -0.627. The number of aromatic nitrogens is 1. The van der Waals surface area contributed by atoms with Crippen molar-refractivity contribution in [2.75, 3.05) is 13.1 Å². The summed E-state index contributed by atoms with van der Waals surface area (Å²) in [5.41, 5.74) is -2.62. The molecule has 0 radical (unpaired) electrons. The molecule has 0 bridgehead atoms. The zero-order valence-electron chi connectivity index (χ0n) is 13.6. The third kappa shape index (κ3) is 3.82. The first-order valence-electron chi connectivity index (χ1n) is 7.40. The van der Waals surface area contributed by atoms with Gasteiger partial charge in [0.15, 0.2) is 11.8 Å². The van der Waals surface area contributed by atoms with E-state index in [0.29, 0.717) is 12.6 Å². The second-order valence-corrected chi connectivity index (χ2v) is 6.33. The number of hydrogen-bond acceptors (Lipinski definition) is 5. The van der Waals surface area contributed by atoms with Crippen molar-refractivity contribution < 1.29 is 22.7 Å². The average Bonchev–Trinajstić information content (AvgIpc) is 2.75. The Kier molecular flexibility index (Phi) is 4.89. The summed E-state index contributed by atoms with van der Waals surface area (Å²) in [6.07, 6.45) is -4.60. The van der Waals surface area contributed by atoms with E-state index in [1.165, 1.54) is 11.0 Å². The molecule has 1 amide bonds. The van der Waals surface area contributed by atoms with Gasteiger partial charge in [-0.2, -0.15) is 23.7 Å². The minimum atomic E-state index is -4.76. The highest BCUT2D eigenvalue weighted by Gasteiger charge is 2.48. The van der Waals surface area contributed by atoms with Crippen LogP contribution < -0.4 is 4.74 Å². The monoisotopic (exact) mass is 352 g/mol. The van der Waals surface area contributed by atoms with Crippen molar-refractivity contribution in [3.05, 3.63) is 23.5 Å². The van der Waals surface area contributed by atoms with Crippen LogP contribution in [-0.4, -0.2) is 35.0 Å². The molecule has 2 rings (SSSR count). The third-order valence-corrected chi connectivity index (χ3v) is 3.87. The number of rotatable bonds is 4. The molecule has 1 fully saturated rings. The van der Waals surface area contributed by atoms with E-state index < -0.39 is 34.9 Å². The molecule has 1 aliphatic rings. The molecule has 0 N–H and O–H groups in total. The predicted octanol–water partition coefficient (Wildman–Crippen LogP) is 2.50. The number of carbonyl (C=O) groups excluding carboxylic acids is 1. The van der Waals surface area contributed by atoms with Gasteiger partial charge in [0, 0.05) is 18.5 Å². The molecule has 1 aromatic rings. The highest BCUT2D eigenvalue weighted by atomic mass is 19.4. The Hall–Kier alpha value is -2.81. The molecule has 2 heterocycles. The normalized spacial score (nSPS) is 19.4. The number of nitrogens with zero attached hydrogens (tertiary/aromatic N) is 4. The molecular formula is C16H15F3N4O2. The predicted molar refractivity (Wildman–Crippen MR) is 79.0 cm³/mol. The molecule has 0 aliphatic carbocycles. The number of alkyl halides is 3. The standard InChI is InChI=1S/C16H15F3N4O2/c1-15(2)9-23(5-3-4-20)14(24)13(15)25-10-6-11(16(17,18)19)12(7-21)22-8-10/h6,8,13H,3,5,9H2,1-2H3/t13-/m0/s1. The van der Waals surface area contributed by atoms with Crippen molar-refractivity contribution >= 4 is 5.91 Å². The van der Waals surface area contributed by atoms with Gasteiger partial charge in [0.05, 0.1) is 24.3 Å². The maximum absolute atomic E-state index is 13.0. The van der Waals surface area contributed by atoms with Gasteiger partial charge in [-0.25, -0.2) is 4.98 Å². The van der Waals surface area contributed by atoms with E-state index in [4.69, 9.17) is 15.3 Å². The van der Waals surface area contributed by atoms with Crippen molar-refractivity contribution in [1.82, 2.24) is 9.88 Å². The van der Waals surface area contributed by atoms with Crippen LogP contribution in [0.25, 0.3) is 0 Å². The number of pyridine rings is 1. The number of hydrogen-bond donors (Lipinski definition) is 0. The van der Waals surface area contributed by atoms with Crippen LogP contribution >= 0.6 is 0 Å². The highest BCUT2D eigenvalue weighted by molar-refractivity contribution is 5.84. The average molecular weight is 352 g/mol. The maximum Gasteiger partial charge on any atom is 0.419 e. The second kappa shape index (κ2) is 6.60. The molecule has 0 saturated carbocycles. The van der Waals surface area contributed by atoms with Crippen LogP contribution in [0.1, 0.15) is 31.5 Å². The van der Waals surface area contributed by atoms with Gasteiger partial charge in [-0.1, -0.05) is 13.8 Å². The SMILES string of the molecule is CC1(C)CN(CCC#N)C(=O)[C@@H]1Oc1cnc(C#N)c(C(F)(F)F)c1. The quantitative estimate of drug-likeness (QED) is 0.830. The molecule has 0 spiro atoms. The fraction of sp³-hybridized carbons (Fsp3) is 0.500. The van der Waals surface area contributed by atoms with E-state index in [9.17, 15) is 18.0 Å². The van der Waals surface area contributed by atoms with E-state index in [2.05, 4.69) is 4.98 Å². The number of nitriles is 2. The minimum Gasteiger partial charge on any atom is -0.478 e. The second-order valence-electron chi connectivity index (χ2n) is 6.33. The van der Waals surface area contributed by atoms with Crippen LogP contribution in [0.3, 0.4) is 0 Å². The molecule has 1 atom stereocenters. The Morgan fingerprint density at radius 2 is 2.12 bits per heavy atom. The zero-order valence-corrected chi connectivity index (χ0v) is 13.6. The summed E-state index contributed by atoms with van der Waals surface area (Å²) in [7, 11) is 0. The van der Waals surface area contributed by atoms with E-state index in [0.717, 1.165) is 6.20 Å². The highest BCUT2D eigenvalue weighted by Crippen LogP contribution is 2.37. The summed E-state index contributed by atoms with van der Waals surface area (Å²) < 4.78 is 44.5. The van der Waals surface area contributed by atoms with Gasteiger partial charge in [-0.3, -0.25) is 4.79 Å². The molecule has 25 heavy (non-hydrogen) atoms. The van der Waals surface area contributed by atoms with Gasteiger partial charge in [0.1, 0.15) is 11.8 Å². The van der Waals surface area contributed by atoms with Gasteiger partial charge in [0.2, 0.25) is 0 Å². The fourth-order valence-corrected chi connectivity index (χ4v) is 2.69. The number of ether oxygens (including phenoxy) is 1. The van der Waals surface area contributed by atoms with Crippen LogP contribution in [0.5, 0.6) is 5.75 Å². The number of halogens is 3. The summed E-state index contributed by atoms with van der Waals surface area (Å²) in [6.45, 7) is 4.07. The van der Waals surface area contributed by atoms with Crippen LogP contribution in [0.15, 0.2) is 12.3 Å². The molecule has 0 unspecified atom stereocenters. The summed E-state index contributed by atoms with van der Waals surface area (Å²) >= 11 is 0. The van der Waals surface area contributed by atoms with Gasteiger partial charge >= 0.3 is 6.18 Å². The number of carbonyl (C=O) groups is 1. The number of likely N-dealkylation sites (tertiary alicyclic amines) is 1. The first-order valence-corrected chi connectivity index (χ1v) is 7.40. The molecule has 132 valence electrons. The molecular weight excluding hydrogens is 337 g/mol. The third-order valence-electron chi connectivity index (χ3n) is 3.87. The lowest BCUT2D eigenvalue weighted by Crippen LogP contribution is -2.37. The lowest BCUT2D eigenvalue weighted by atomic mass is 9.89. The van der Waals surface area contributed by atoms with E-state index in [-0.39, 0.29) is 18.7 Å².